The summed E-state index contributed by atoms with van der Waals surface area (Å²) in [5.74, 6) is 0. The fraction of sp³-hybridized carbons (Fsp3) is 0.0769. The van der Waals surface area contributed by atoms with Crippen LogP contribution < -0.4 is 15.5 Å². The van der Waals surface area contributed by atoms with Gasteiger partial charge in [-0.2, -0.15) is 0 Å². The smallest absolute Gasteiger partial charge is 0.104 e. The highest BCUT2D eigenvalue weighted by molar-refractivity contribution is 6.09. The second-order valence-electron chi connectivity index (χ2n) is 14.7. The standard InChI is InChI=1S/C52H42N4/c1-36-17-14-15-30-55(49-27-11-8-24-44(36)49)42-32-41(33-43(34-42)56-50-28-12-9-25-45(50)46-26-10-13-29-51(46)56)48-35-47(53-52(54-48)38-20-6-3-7-21-38)40-23-16-22-39(31-40)37-18-4-2-5-19-37/h2-13,15-16,18-35,48,52-54H,1,14,17H2/b30-15-. The first-order valence-corrected chi connectivity index (χ1v) is 19.5. The molecule has 7 aromatic carbocycles. The van der Waals surface area contributed by atoms with Crippen LogP contribution >= 0.6 is 0 Å². The molecule has 0 bridgehead atoms. The molecule has 3 heterocycles. The lowest BCUT2D eigenvalue weighted by molar-refractivity contribution is 0.442. The highest BCUT2D eigenvalue weighted by Crippen LogP contribution is 2.41. The van der Waals surface area contributed by atoms with Gasteiger partial charge in [0.25, 0.3) is 0 Å². The minimum Gasteiger partial charge on any atom is -0.366 e. The third-order valence-electron chi connectivity index (χ3n) is 11.2. The highest BCUT2D eigenvalue weighted by atomic mass is 15.2. The summed E-state index contributed by atoms with van der Waals surface area (Å²) in [6, 6.07) is 63.3. The quantitative estimate of drug-likeness (QED) is 0.179. The van der Waals surface area contributed by atoms with Gasteiger partial charge in [0.1, 0.15) is 6.17 Å². The fourth-order valence-electron chi connectivity index (χ4n) is 8.46. The van der Waals surface area contributed by atoms with E-state index in [0.717, 1.165) is 46.7 Å². The molecule has 0 radical (unpaired) electrons. The Morgan fingerprint density at radius 3 is 1.98 bits per heavy atom. The average molecular weight is 723 g/mol. The van der Waals surface area contributed by atoms with Crippen molar-refractivity contribution in [2.24, 2.45) is 0 Å². The zero-order valence-electron chi connectivity index (χ0n) is 31.1. The van der Waals surface area contributed by atoms with Crippen molar-refractivity contribution in [3.05, 3.63) is 223 Å². The molecule has 0 saturated heterocycles. The largest absolute Gasteiger partial charge is 0.366 e. The molecule has 2 unspecified atom stereocenters. The van der Waals surface area contributed by atoms with Crippen molar-refractivity contribution >= 4 is 44.5 Å². The average Bonchev–Trinajstić information content (AvgIpc) is 3.60. The highest BCUT2D eigenvalue weighted by Gasteiger charge is 2.27. The summed E-state index contributed by atoms with van der Waals surface area (Å²) in [5, 5.41) is 10.4. The molecule has 0 amide bonds. The molecule has 4 nitrogen and oxygen atoms in total. The molecule has 0 fully saturated rings. The summed E-state index contributed by atoms with van der Waals surface area (Å²) < 4.78 is 2.43. The van der Waals surface area contributed by atoms with Gasteiger partial charge in [-0.3, -0.25) is 5.32 Å². The molecule has 0 spiro atoms. The molecule has 4 heteroatoms. The van der Waals surface area contributed by atoms with E-state index < -0.39 is 0 Å². The number of allylic oxidation sites excluding steroid dienone is 2. The number of aromatic nitrogens is 1. The van der Waals surface area contributed by atoms with Crippen LogP contribution in [0.5, 0.6) is 0 Å². The van der Waals surface area contributed by atoms with Crippen LogP contribution in [0, 0.1) is 0 Å². The lowest BCUT2D eigenvalue weighted by atomic mass is 9.95. The topological polar surface area (TPSA) is 32.2 Å². The van der Waals surface area contributed by atoms with Gasteiger partial charge in [-0.1, -0.05) is 146 Å². The van der Waals surface area contributed by atoms with Crippen LogP contribution in [0.15, 0.2) is 201 Å². The summed E-state index contributed by atoms with van der Waals surface area (Å²) in [5.41, 5.74) is 15.0. The lowest BCUT2D eigenvalue weighted by Gasteiger charge is -2.34. The van der Waals surface area contributed by atoms with E-state index in [9.17, 15) is 0 Å². The van der Waals surface area contributed by atoms with Crippen molar-refractivity contribution in [3.8, 4) is 16.8 Å². The number of nitrogens with one attached hydrogen (secondary N) is 2. The molecule has 2 atom stereocenters. The summed E-state index contributed by atoms with van der Waals surface area (Å²) in [7, 11) is 0. The van der Waals surface area contributed by atoms with E-state index in [1.165, 1.54) is 49.6 Å². The zero-order chi connectivity index (χ0) is 37.4. The maximum Gasteiger partial charge on any atom is 0.104 e. The van der Waals surface area contributed by atoms with Crippen LogP contribution in [-0.2, 0) is 0 Å². The Morgan fingerprint density at radius 1 is 0.554 bits per heavy atom. The van der Waals surface area contributed by atoms with Gasteiger partial charge in [0.05, 0.1) is 22.8 Å². The van der Waals surface area contributed by atoms with Gasteiger partial charge in [-0.15, -0.1) is 0 Å². The second kappa shape index (κ2) is 14.4. The van der Waals surface area contributed by atoms with Crippen molar-refractivity contribution in [1.82, 2.24) is 15.2 Å². The van der Waals surface area contributed by atoms with Crippen LogP contribution in [-0.4, -0.2) is 4.57 Å². The number of benzene rings is 7. The molecule has 2 N–H and O–H groups in total. The van der Waals surface area contributed by atoms with Crippen LogP contribution in [0.4, 0.5) is 11.4 Å². The number of hydrogen-bond acceptors (Lipinski definition) is 3. The van der Waals surface area contributed by atoms with Gasteiger partial charge in [-0.25, -0.2) is 0 Å². The van der Waals surface area contributed by atoms with Crippen LogP contribution in [0.2, 0.25) is 0 Å². The summed E-state index contributed by atoms with van der Waals surface area (Å²) in [4.78, 5) is 2.35. The Balaban J connectivity index is 1.19. The molecule has 56 heavy (non-hydrogen) atoms. The molecule has 2 aliphatic heterocycles. The predicted molar refractivity (Wildman–Crippen MR) is 235 cm³/mol. The van der Waals surface area contributed by atoms with Gasteiger partial charge in [0.15, 0.2) is 0 Å². The molecule has 8 aromatic rings. The minimum atomic E-state index is -0.118. The van der Waals surface area contributed by atoms with Gasteiger partial charge in [-0.05, 0) is 94.8 Å². The van der Waals surface area contributed by atoms with Crippen LogP contribution in [0.1, 0.15) is 47.3 Å². The molecular formula is C52H42N4. The number of anilines is 2. The van der Waals surface area contributed by atoms with E-state index in [0.29, 0.717) is 0 Å². The van der Waals surface area contributed by atoms with E-state index >= 15 is 0 Å². The molecule has 1 aromatic heterocycles. The normalized spacial score (nSPS) is 17.5. The lowest BCUT2D eigenvalue weighted by Crippen LogP contribution is -2.39. The minimum absolute atomic E-state index is 0.118. The zero-order valence-corrected chi connectivity index (χ0v) is 31.1. The monoisotopic (exact) mass is 722 g/mol. The van der Waals surface area contributed by atoms with Crippen LogP contribution in [0.3, 0.4) is 0 Å². The fourth-order valence-corrected chi connectivity index (χ4v) is 8.46. The Hall–Kier alpha value is -6.88. The van der Waals surface area contributed by atoms with Crippen molar-refractivity contribution in [1.29, 1.82) is 0 Å². The van der Waals surface area contributed by atoms with E-state index in [2.05, 4.69) is 221 Å². The van der Waals surface area contributed by atoms with E-state index in [1.807, 2.05) is 0 Å². The maximum absolute atomic E-state index is 4.51. The maximum atomic E-state index is 4.51. The molecule has 10 rings (SSSR count). The molecular weight excluding hydrogens is 681 g/mol. The summed E-state index contributed by atoms with van der Waals surface area (Å²) in [6.07, 6.45) is 8.64. The van der Waals surface area contributed by atoms with Gasteiger partial charge < -0.3 is 14.8 Å². The Labute approximate surface area is 328 Å². The number of para-hydroxylation sites is 3. The molecule has 0 aliphatic carbocycles. The number of hydrogen-bond donors (Lipinski definition) is 2. The molecule has 0 saturated carbocycles. The number of nitrogens with zero attached hydrogens (tertiary/aromatic N) is 2. The molecule has 2 aliphatic rings. The van der Waals surface area contributed by atoms with Gasteiger partial charge in [0.2, 0.25) is 0 Å². The third kappa shape index (κ3) is 6.20. The van der Waals surface area contributed by atoms with E-state index in [-0.39, 0.29) is 12.2 Å². The first-order chi connectivity index (χ1) is 27.7. The second-order valence-corrected chi connectivity index (χ2v) is 14.7. The van der Waals surface area contributed by atoms with E-state index in [1.54, 1.807) is 0 Å². The SMILES string of the molecule is C=C1CC/C=C\N(c2cc(C3C=C(c4cccc(-c5ccccc5)c4)NC(c4ccccc4)N3)cc(-n3c4ccccc4c4ccccc43)c2)c2ccccc21. The van der Waals surface area contributed by atoms with Crippen molar-refractivity contribution in [2.75, 3.05) is 4.90 Å². The first kappa shape index (κ1) is 33.7. The van der Waals surface area contributed by atoms with Crippen molar-refractivity contribution in [3.63, 3.8) is 0 Å². The Bertz CT molecular complexity index is 2740. The Kier molecular flexibility index (Phi) is 8.66. The van der Waals surface area contributed by atoms with Gasteiger partial charge in [0, 0.05) is 39.6 Å². The summed E-state index contributed by atoms with van der Waals surface area (Å²) >= 11 is 0. The van der Waals surface area contributed by atoms with Crippen molar-refractivity contribution in [2.45, 2.75) is 25.0 Å². The number of fused-ring (bicyclic) bond motifs is 4. The predicted octanol–water partition coefficient (Wildman–Crippen LogP) is 12.9. The Morgan fingerprint density at radius 2 is 1.20 bits per heavy atom. The first-order valence-electron chi connectivity index (χ1n) is 19.5. The molecule has 270 valence electrons. The van der Waals surface area contributed by atoms with Gasteiger partial charge >= 0.3 is 0 Å². The van der Waals surface area contributed by atoms with Crippen LogP contribution in [0.25, 0.3) is 49.9 Å². The van der Waals surface area contributed by atoms with E-state index in [4.69, 9.17) is 0 Å². The third-order valence-corrected chi connectivity index (χ3v) is 11.2. The van der Waals surface area contributed by atoms with Crippen molar-refractivity contribution < 1.29 is 0 Å². The summed E-state index contributed by atoms with van der Waals surface area (Å²) in [6.45, 7) is 4.51. The number of rotatable bonds is 6.